The zero-order valence-electron chi connectivity index (χ0n) is 16.3. The standard InChI is InChI=1S/C20H25NO6/c1-12(2)15(13-8-6-7-9-14(13)21(24)25)26-17(23)20-11-10-19(5,16(22)27-20)18(20,3)4/h6-9,12,15H,10-11H2,1-5H3/t15-,19-,20+/m0/s1. The normalized spacial score (nSPS) is 29.5. The molecule has 0 spiro atoms. The number of hydrogen-bond donors (Lipinski definition) is 0. The summed E-state index contributed by atoms with van der Waals surface area (Å²) in [5.74, 6) is -1.21. The van der Waals surface area contributed by atoms with Crippen molar-refractivity contribution in [2.45, 2.75) is 59.2 Å². The molecule has 1 heterocycles. The van der Waals surface area contributed by atoms with E-state index in [-0.39, 0.29) is 17.6 Å². The van der Waals surface area contributed by atoms with Crippen molar-refractivity contribution in [1.82, 2.24) is 0 Å². The number of para-hydroxylation sites is 1. The summed E-state index contributed by atoms with van der Waals surface area (Å²) in [4.78, 5) is 36.5. The average molecular weight is 375 g/mol. The maximum absolute atomic E-state index is 13.2. The fourth-order valence-electron chi connectivity index (χ4n) is 4.37. The molecule has 0 aromatic heterocycles. The second-order valence-electron chi connectivity index (χ2n) is 8.56. The van der Waals surface area contributed by atoms with Crippen molar-refractivity contribution in [3.8, 4) is 0 Å². The molecule has 3 rings (SSSR count). The lowest BCUT2D eigenvalue weighted by atomic mass is 9.66. The predicted octanol–water partition coefficient (Wildman–Crippen LogP) is 3.96. The molecule has 0 amide bonds. The lowest BCUT2D eigenvalue weighted by molar-refractivity contribution is -0.386. The molecule has 1 aromatic rings. The Kier molecular flexibility index (Phi) is 4.32. The van der Waals surface area contributed by atoms with Gasteiger partial charge in [0.05, 0.1) is 15.9 Å². The van der Waals surface area contributed by atoms with Crippen LogP contribution >= 0.6 is 0 Å². The van der Waals surface area contributed by atoms with E-state index in [4.69, 9.17) is 9.47 Å². The van der Waals surface area contributed by atoms with Gasteiger partial charge in [-0.1, -0.05) is 39.8 Å². The fourth-order valence-corrected chi connectivity index (χ4v) is 4.37. The number of ether oxygens (including phenoxy) is 2. The number of fused-ring (bicyclic) bond motifs is 2. The molecular weight excluding hydrogens is 350 g/mol. The van der Waals surface area contributed by atoms with Crippen molar-refractivity contribution in [2.24, 2.45) is 16.7 Å². The smallest absolute Gasteiger partial charge is 0.351 e. The first-order valence-electron chi connectivity index (χ1n) is 9.16. The summed E-state index contributed by atoms with van der Waals surface area (Å²) in [5.41, 5.74) is -2.57. The van der Waals surface area contributed by atoms with Crippen LogP contribution in [-0.4, -0.2) is 22.5 Å². The van der Waals surface area contributed by atoms with Crippen molar-refractivity contribution >= 4 is 17.6 Å². The van der Waals surface area contributed by atoms with Crippen LogP contribution in [0.1, 0.15) is 59.1 Å². The van der Waals surface area contributed by atoms with Gasteiger partial charge in [0.2, 0.25) is 5.60 Å². The molecule has 2 aliphatic rings. The fraction of sp³-hybridized carbons (Fsp3) is 0.600. The van der Waals surface area contributed by atoms with E-state index in [0.717, 1.165) is 0 Å². The van der Waals surface area contributed by atoms with Gasteiger partial charge < -0.3 is 9.47 Å². The Bertz CT molecular complexity index is 816. The van der Waals surface area contributed by atoms with Crippen molar-refractivity contribution in [1.29, 1.82) is 0 Å². The molecule has 146 valence electrons. The van der Waals surface area contributed by atoms with Gasteiger partial charge in [-0.25, -0.2) is 4.79 Å². The molecule has 1 aromatic carbocycles. The highest BCUT2D eigenvalue weighted by molar-refractivity contribution is 5.93. The van der Waals surface area contributed by atoms with Crippen molar-refractivity contribution < 1.29 is 24.0 Å². The van der Waals surface area contributed by atoms with E-state index in [1.165, 1.54) is 6.07 Å². The Balaban J connectivity index is 1.97. The van der Waals surface area contributed by atoms with Gasteiger partial charge in [0.15, 0.2) is 0 Å². The summed E-state index contributed by atoms with van der Waals surface area (Å²) in [6, 6.07) is 6.24. The second-order valence-corrected chi connectivity index (χ2v) is 8.56. The first kappa shape index (κ1) is 19.3. The van der Waals surface area contributed by atoms with Crippen LogP contribution in [0.4, 0.5) is 5.69 Å². The molecule has 0 unspecified atom stereocenters. The largest absolute Gasteiger partial charge is 0.454 e. The van der Waals surface area contributed by atoms with Crippen LogP contribution in [0.25, 0.3) is 0 Å². The SMILES string of the molecule is CC(C)[C@H](OC(=O)[C@@]12CC[C@@](C)(C(=O)O1)C2(C)C)c1ccccc1[N+](=O)[O-]. The summed E-state index contributed by atoms with van der Waals surface area (Å²) in [7, 11) is 0. The van der Waals surface area contributed by atoms with Crippen LogP contribution in [0.15, 0.2) is 24.3 Å². The molecule has 3 atom stereocenters. The third kappa shape index (κ3) is 2.47. The van der Waals surface area contributed by atoms with E-state index in [2.05, 4.69) is 0 Å². The Hall–Kier alpha value is -2.44. The minimum atomic E-state index is -1.35. The topological polar surface area (TPSA) is 95.7 Å². The number of nitro groups is 1. The number of esters is 2. The molecule has 27 heavy (non-hydrogen) atoms. The first-order chi connectivity index (χ1) is 12.5. The number of hydrogen-bond acceptors (Lipinski definition) is 6. The lowest BCUT2D eigenvalue weighted by Gasteiger charge is -2.36. The second kappa shape index (κ2) is 6.04. The van der Waals surface area contributed by atoms with Gasteiger partial charge in [-0.3, -0.25) is 14.9 Å². The maximum atomic E-state index is 13.2. The Morgan fingerprint density at radius 1 is 1.22 bits per heavy atom. The number of nitrogens with zero attached hydrogens (tertiary/aromatic N) is 1. The van der Waals surface area contributed by atoms with Crippen LogP contribution in [-0.2, 0) is 19.1 Å². The molecule has 1 saturated carbocycles. The van der Waals surface area contributed by atoms with Gasteiger partial charge in [0.25, 0.3) is 5.69 Å². The molecule has 1 aliphatic heterocycles. The van der Waals surface area contributed by atoms with Crippen molar-refractivity contribution in [3.05, 3.63) is 39.9 Å². The first-order valence-corrected chi connectivity index (χ1v) is 9.16. The maximum Gasteiger partial charge on any atom is 0.351 e. The molecule has 2 fully saturated rings. The van der Waals surface area contributed by atoms with Crippen molar-refractivity contribution in [2.75, 3.05) is 0 Å². The van der Waals surface area contributed by atoms with Crippen LogP contribution < -0.4 is 0 Å². The molecular formula is C20H25NO6. The predicted molar refractivity (Wildman–Crippen MR) is 96.7 cm³/mol. The van der Waals surface area contributed by atoms with Gasteiger partial charge in [-0.05, 0) is 31.7 Å². The summed E-state index contributed by atoms with van der Waals surface area (Å²) < 4.78 is 11.4. The highest BCUT2D eigenvalue weighted by Crippen LogP contribution is 2.66. The van der Waals surface area contributed by atoms with Gasteiger partial charge in [0.1, 0.15) is 6.10 Å². The molecule has 1 aliphatic carbocycles. The van der Waals surface area contributed by atoms with Crippen LogP contribution in [0.2, 0.25) is 0 Å². The van der Waals surface area contributed by atoms with Crippen LogP contribution in [0, 0.1) is 26.9 Å². The summed E-state index contributed by atoms with van der Waals surface area (Å²) in [6.07, 6.45) is 0.129. The van der Waals surface area contributed by atoms with Gasteiger partial charge in [-0.15, -0.1) is 0 Å². The van der Waals surface area contributed by atoms with Crippen LogP contribution in [0.5, 0.6) is 0 Å². The Morgan fingerprint density at radius 3 is 2.33 bits per heavy atom. The number of nitro benzene ring substituents is 1. The van der Waals surface area contributed by atoms with E-state index >= 15 is 0 Å². The highest BCUT2D eigenvalue weighted by atomic mass is 16.6. The molecule has 0 N–H and O–H groups in total. The zero-order chi connectivity index (χ0) is 20.2. The minimum absolute atomic E-state index is 0.0968. The Morgan fingerprint density at radius 2 is 1.85 bits per heavy atom. The lowest BCUT2D eigenvalue weighted by Crippen LogP contribution is -2.49. The van der Waals surface area contributed by atoms with E-state index in [9.17, 15) is 19.7 Å². The molecule has 7 heteroatoms. The quantitative estimate of drug-likeness (QED) is 0.439. The third-order valence-corrected chi connectivity index (χ3v) is 6.69. The molecule has 2 bridgehead atoms. The summed E-state index contributed by atoms with van der Waals surface area (Å²) >= 11 is 0. The monoisotopic (exact) mass is 375 g/mol. The van der Waals surface area contributed by atoms with E-state index < -0.39 is 33.4 Å². The van der Waals surface area contributed by atoms with Gasteiger partial charge >= 0.3 is 11.9 Å². The number of rotatable bonds is 5. The van der Waals surface area contributed by atoms with E-state index in [1.807, 2.05) is 34.6 Å². The van der Waals surface area contributed by atoms with E-state index in [1.54, 1.807) is 18.2 Å². The summed E-state index contributed by atoms with van der Waals surface area (Å²) in [5, 5.41) is 11.4. The van der Waals surface area contributed by atoms with E-state index in [0.29, 0.717) is 18.4 Å². The molecule has 1 saturated heterocycles. The highest BCUT2D eigenvalue weighted by Gasteiger charge is 2.76. The zero-order valence-corrected chi connectivity index (χ0v) is 16.3. The number of carbonyl (C=O) groups is 2. The number of carbonyl (C=O) groups excluding carboxylic acids is 2. The van der Waals surface area contributed by atoms with Gasteiger partial charge in [-0.2, -0.15) is 0 Å². The van der Waals surface area contributed by atoms with Gasteiger partial charge in [0, 0.05) is 11.5 Å². The molecule has 0 radical (unpaired) electrons. The third-order valence-electron chi connectivity index (χ3n) is 6.69. The van der Waals surface area contributed by atoms with Crippen molar-refractivity contribution in [3.63, 3.8) is 0 Å². The van der Waals surface area contributed by atoms with Crippen LogP contribution in [0.3, 0.4) is 0 Å². The summed E-state index contributed by atoms with van der Waals surface area (Å²) in [6.45, 7) is 9.18. The molecule has 7 nitrogen and oxygen atoms in total. The number of benzene rings is 1. The Labute approximate surface area is 158 Å². The average Bonchev–Trinajstić information content (AvgIpc) is 2.89. The minimum Gasteiger partial charge on any atom is -0.454 e.